The maximum Gasteiger partial charge on any atom is 0.407 e. The summed E-state index contributed by atoms with van der Waals surface area (Å²) in [5.74, 6) is 0.653. The van der Waals surface area contributed by atoms with Crippen LogP contribution < -0.4 is 15.7 Å². The number of nitrogens with zero attached hydrogens (tertiary/aromatic N) is 3. The fourth-order valence-corrected chi connectivity index (χ4v) is 5.00. The molecular formula is C33H38N4O6. The summed E-state index contributed by atoms with van der Waals surface area (Å²) in [5.41, 5.74) is 2.94. The number of fused-ring (bicyclic) bond motifs is 1. The second-order valence-corrected chi connectivity index (χ2v) is 11.0. The number of hydrogen-bond donors (Lipinski definition) is 2. The molecule has 0 aliphatic heterocycles. The molecule has 43 heavy (non-hydrogen) atoms. The Morgan fingerprint density at radius 2 is 1.70 bits per heavy atom. The molecule has 1 heterocycles. The first-order chi connectivity index (χ1) is 20.5. The summed E-state index contributed by atoms with van der Waals surface area (Å²) in [6.45, 7) is 6.56. The van der Waals surface area contributed by atoms with Crippen LogP contribution in [0.5, 0.6) is 5.75 Å². The molecule has 1 aromatic heterocycles. The van der Waals surface area contributed by atoms with Gasteiger partial charge in [-0.3, -0.25) is 4.79 Å². The Morgan fingerprint density at radius 3 is 2.33 bits per heavy atom. The molecule has 0 unspecified atom stereocenters. The van der Waals surface area contributed by atoms with Crippen molar-refractivity contribution in [3.8, 4) is 5.75 Å². The summed E-state index contributed by atoms with van der Waals surface area (Å²) in [4.78, 5) is 46.2. The number of anilines is 1. The van der Waals surface area contributed by atoms with Crippen molar-refractivity contribution in [1.82, 2.24) is 14.8 Å². The summed E-state index contributed by atoms with van der Waals surface area (Å²) in [6, 6.07) is 19.7. The van der Waals surface area contributed by atoms with Crippen molar-refractivity contribution in [1.29, 1.82) is 0 Å². The quantitative estimate of drug-likeness (QED) is 0.228. The van der Waals surface area contributed by atoms with Gasteiger partial charge in [0.05, 0.1) is 18.0 Å². The van der Waals surface area contributed by atoms with Crippen molar-refractivity contribution in [2.45, 2.75) is 46.3 Å². The third-order valence-corrected chi connectivity index (χ3v) is 7.22. The Labute approximate surface area is 250 Å². The van der Waals surface area contributed by atoms with Crippen LogP contribution in [0.25, 0.3) is 10.9 Å². The number of likely N-dealkylation sites (N-methyl/N-ethyl adjacent to an activating group) is 1. The molecule has 0 saturated carbocycles. The third kappa shape index (κ3) is 7.91. The fourth-order valence-electron chi connectivity index (χ4n) is 5.00. The van der Waals surface area contributed by atoms with E-state index in [0.29, 0.717) is 41.9 Å². The number of aryl methyl sites for hydroxylation is 1. The fraction of sp³-hybridized carbons (Fsp3) is 0.333. The monoisotopic (exact) mass is 586 g/mol. The van der Waals surface area contributed by atoms with E-state index in [2.05, 4.69) is 10.3 Å². The number of carbonyl (C=O) groups is 2. The number of nitrogens with one attached hydrogen (secondary N) is 1. The van der Waals surface area contributed by atoms with Crippen LogP contribution in [0.4, 0.5) is 10.8 Å². The van der Waals surface area contributed by atoms with E-state index < -0.39 is 17.8 Å². The van der Waals surface area contributed by atoms with Gasteiger partial charge in [0.1, 0.15) is 11.8 Å². The lowest BCUT2D eigenvalue weighted by molar-refractivity contribution is -0.131. The number of carboxylic acid groups (broad SMARTS) is 1. The van der Waals surface area contributed by atoms with Gasteiger partial charge in [-0.15, -0.1) is 0 Å². The highest BCUT2D eigenvalue weighted by Gasteiger charge is 2.25. The maximum atomic E-state index is 13.7. The summed E-state index contributed by atoms with van der Waals surface area (Å²) in [5, 5.41) is 13.0. The average Bonchev–Trinajstić information content (AvgIpc) is 2.97. The van der Waals surface area contributed by atoms with Crippen LogP contribution >= 0.6 is 0 Å². The van der Waals surface area contributed by atoms with Gasteiger partial charge in [-0.25, -0.2) is 9.59 Å². The van der Waals surface area contributed by atoms with Crippen LogP contribution in [0.3, 0.4) is 0 Å². The van der Waals surface area contributed by atoms with Crippen LogP contribution in [-0.2, 0) is 24.3 Å². The molecule has 0 aliphatic rings. The van der Waals surface area contributed by atoms with Gasteiger partial charge >= 0.3 is 11.7 Å². The molecule has 2 amide bonds. The summed E-state index contributed by atoms with van der Waals surface area (Å²) in [6.07, 6.45) is -0.716. The maximum absolute atomic E-state index is 13.7. The van der Waals surface area contributed by atoms with Gasteiger partial charge in [0.25, 0.3) is 6.01 Å². The minimum absolute atomic E-state index is 0.0726. The molecule has 3 aromatic carbocycles. The summed E-state index contributed by atoms with van der Waals surface area (Å²) in [7, 11) is 3.32. The number of ether oxygens (including phenoxy) is 1. The van der Waals surface area contributed by atoms with Gasteiger partial charge in [0.2, 0.25) is 5.91 Å². The molecule has 1 atom stereocenters. The average molecular weight is 587 g/mol. The highest BCUT2D eigenvalue weighted by Crippen LogP contribution is 2.22. The molecule has 0 bridgehead atoms. The van der Waals surface area contributed by atoms with Crippen LogP contribution in [0.1, 0.15) is 36.1 Å². The smallest absolute Gasteiger partial charge is 0.407 e. The largest absolute Gasteiger partial charge is 0.497 e. The van der Waals surface area contributed by atoms with Crippen molar-refractivity contribution in [2.75, 3.05) is 26.0 Å². The van der Waals surface area contributed by atoms with E-state index in [-0.39, 0.29) is 29.8 Å². The number of aromatic nitrogens is 1. The number of rotatable bonds is 12. The van der Waals surface area contributed by atoms with E-state index in [9.17, 15) is 19.5 Å². The molecule has 0 saturated heterocycles. The SMILES string of the molecule is COc1ccc(C[C@H](Nc2nc3ccc(CN(CC(C)C)C(=O)O)c(C)c3c(=O)o2)C(=O)N(C)Cc2ccccc2)cc1. The lowest BCUT2D eigenvalue weighted by Crippen LogP contribution is -2.42. The highest BCUT2D eigenvalue weighted by molar-refractivity contribution is 5.85. The van der Waals surface area contributed by atoms with Crippen LogP contribution in [0, 0.1) is 12.8 Å². The molecular weight excluding hydrogens is 548 g/mol. The van der Waals surface area contributed by atoms with Gasteiger partial charge < -0.3 is 29.4 Å². The zero-order valence-electron chi connectivity index (χ0n) is 25.2. The lowest BCUT2D eigenvalue weighted by atomic mass is 10.0. The molecule has 226 valence electrons. The third-order valence-electron chi connectivity index (χ3n) is 7.22. The first kappa shape index (κ1) is 31.1. The van der Waals surface area contributed by atoms with E-state index in [4.69, 9.17) is 9.15 Å². The van der Waals surface area contributed by atoms with Gasteiger partial charge in [-0.05, 0) is 53.3 Å². The van der Waals surface area contributed by atoms with Crippen molar-refractivity contribution in [3.63, 3.8) is 0 Å². The van der Waals surface area contributed by atoms with Crippen molar-refractivity contribution >= 4 is 28.9 Å². The van der Waals surface area contributed by atoms with E-state index in [1.54, 1.807) is 38.1 Å². The number of amides is 2. The Hall–Kier alpha value is -4.86. The summed E-state index contributed by atoms with van der Waals surface area (Å²) < 4.78 is 10.9. The van der Waals surface area contributed by atoms with Gasteiger partial charge in [0.15, 0.2) is 0 Å². The molecule has 0 fully saturated rings. The van der Waals surface area contributed by atoms with Crippen molar-refractivity contribution in [2.24, 2.45) is 5.92 Å². The summed E-state index contributed by atoms with van der Waals surface area (Å²) >= 11 is 0. The zero-order chi connectivity index (χ0) is 31.1. The molecule has 10 nitrogen and oxygen atoms in total. The standard InChI is InChI=1S/C33H38N4O6/c1-21(2)18-37(33(40)41)20-25-13-16-27-29(22(25)3)31(39)43-32(34-27)35-28(17-23-11-14-26(42-5)15-12-23)30(38)36(4)19-24-9-7-6-8-10-24/h6-16,21,28H,17-20H2,1-5H3,(H,34,35)(H,40,41)/t28-/m0/s1. The topological polar surface area (TPSA) is 125 Å². The number of hydrogen-bond acceptors (Lipinski definition) is 7. The molecule has 4 rings (SSSR count). The lowest BCUT2D eigenvalue weighted by Gasteiger charge is -2.25. The minimum atomic E-state index is -1.03. The second kappa shape index (κ2) is 13.9. The molecule has 0 spiro atoms. The molecule has 4 aromatic rings. The molecule has 0 radical (unpaired) electrons. The van der Waals surface area contributed by atoms with Gasteiger partial charge in [-0.2, -0.15) is 4.98 Å². The predicted octanol–water partition coefficient (Wildman–Crippen LogP) is 5.32. The zero-order valence-corrected chi connectivity index (χ0v) is 25.2. The van der Waals surface area contributed by atoms with Crippen molar-refractivity contribution < 1.29 is 23.8 Å². The Bertz CT molecular complexity index is 1620. The molecule has 0 aliphatic carbocycles. The van der Waals surface area contributed by atoms with Gasteiger partial charge in [0, 0.05) is 33.1 Å². The molecule has 10 heteroatoms. The Kier molecular flexibility index (Phi) is 10.0. The molecule has 2 N–H and O–H groups in total. The van der Waals surface area contributed by atoms with Crippen molar-refractivity contribution in [3.05, 3.63) is 99.4 Å². The van der Waals surface area contributed by atoms with E-state index in [0.717, 1.165) is 11.1 Å². The Balaban J connectivity index is 1.63. The normalized spacial score (nSPS) is 11.8. The van der Waals surface area contributed by atoms with Gasteiger partial charge in [-0.1, -0.05) is 62.4 Å². The highest BCUT2D eigenvalue weighted by atomic mass is 16.5. The first-order valence-electron chi connectivity index (χ1n) is 14.1. The number of carbonyl (C=O) groups excluding carboxylic acids is 1. The predicted molar refractivity (Wildman–Crippen MR) is 165 cm³/mol. The van der Waals surface area contributed by atoms with Crippen LogP contribution in [0.2, 0.25) is 0 Å². The second-order valence-electron chi connectivity index (χ2n) is 11.0. The van der Waals surface area contributed by atoms with E-state index >= 15 is 0 Å². The minimum Gasteiger partial charge on any atom is -0.497 e. The Morgan fingerprint density at radius 1 is 1.00 bits per heavy atom. The van der Waals surface area contributed by atoms with Crippen LogP contribution in [-0.4, -0.2) is 58.6 Å². The van der Waals surface area contributed by atoms with E-state index in [1.807, 2.05) is 68.4 Å². The van der Waals surface area contributed by atoms with E-state index in [1.165, 1.54) is 4.90 Å². The first-order valence-corrected chi connectivity index (χ1v) is 14.1. The number of benzene rings is 3. The van der Waals surface area contributed by atoms with Crippen LogP contribution in [0.15, 0.2) is 75.9 Å². The number of methoxy groups -OCH3 is 1.